The summed E-state index contributed by atoms with van der Waals surface area (Å²) in [7, 11) is 1.39. The molecule has 1 heterocycles. The number of nitrogens with zero attached hydrogens (tertiary/aromatic N) is 2. The van der Waals surface area contributed by atoms with Crippen molar-refractivity contribution >= 4 is 34.7 Å². The lowest BCUT2D eigenvalue weighted by molar-refractivity contribution is -0.132. The molecule has 0 radical (unpaired) electrons. The topological polar surface area (TPSA) is 111 Å². The highest BCUT2D eigenvalue weighted by Crippen LogP contribution is 2.44. The third-order valence-electron chi connectivity index (χ3n) is 5.58. The number of hydrogen-bond donors (Lipinski definition) is 2. The third-order valence-corrected chi connectivity index (χ3v) is 5.86. The molecule has 34 heavy (non-hydrogen) atoms. The lowest BCUT2D eigenvalue weighted by Crippen LogP contribution is -2.29. The van der Waals surface area contributed by atoms with E-state index in [1.807, 2.05) is 6.07 Å². The molecule has 2 N–H and O–H groups in total. The molecule has 7 nitrogen and oxygen atoms in total. The summed E-state index contributed by atoms with van der Waals surface area (Å²) in [6.07, 6.45) is 0. The van der Waals surface area contributed by atoms with E-state index < -0.39 is 23.5 Å². The second-order valence-electron chi connectivity index (χ2n) is 7.75. The van der Waals surface area contributed by atoms with Crippen LogP contribution in [-0.4, -0.2) is 29.0 Å². The van der Waals surface area contributed by atoms with Crippen molar-refractivity contribution in [3.05, 3.63) is 93.5 Å². The van der Waals surface area contributed by atoms with E-state index >= 15 is 0 Å². The first-order chi connectivity index (χ1) is 16.3. The van der Waals surface area contributed by atoms with Crippen LogP contribution < -0.4 is 9.64 Å². The number of Topliss-reactive ketones (excluding diaryl/α,β-unsaturated/α-hetero) is 1. The largest absolute Gasteiger partial charge is 0.508 e. The van der Waals surface area contributed by atoms with Crippen LogP contribution in [0, 0.1) is 18.3 Å². The third kappa shape index (κ3) is 3.85. The number of halogens is 1. The van der Waals surface area contributed by atoms with Crippen molar-refractivity contribution in [2.75, 3.05) is 12.0 Å². The molecule has 170 valence electrons. The highest BCUT2D eigenvalue weighted by Gasteiger charge is 2.47. The maximum atomic E-state index is 13.3. The smallest absolute Gasteiger partial charge is 0.300 e. The van der Waals surface area contributed by atoms with E-state index in [-0.39, 0.29) is 27.7 Å². The molecule has 4 rings (SSSR count). The average Bonchev–Trinajstić information content (AvgIpc) is 3.09. The Hall–Kier alpha value is -4.28. The molecule has 0 spiro atoms. The van der Waals surface area contributed by atoms with Gasteiger partial charge in [0.25, 0.3) is 11.7 Å². The van der Waals surface area contributed by atoms with Gasteiger partial charge in [-0.1, -0.05) is 23.7 Å². The summed E-state index contributed by atoms with van der Waals surface area (Å²) in [4.78, 5) is 27.7. The van der Waals surface area contributed by atoms with E-state index in [0.29, 0.717) is 16.8 Å². The molecular formula is C26H19ClN2O5. The number of aliphatic hydroxyl groups is 1. The first-order valence-electron chi connectivity index (χ1n) is 10.2. The Labute approximate surface area is 200 Å². The molecule has 1 fully saturated rings. The van der Waals surface area contributed by atoms with Gasteiger partial charge in [-0.3, -0.25) is 14.5 Å². The fourth-order valence-electron chi connectivity index (χ4n) is 4.02. The number of carbonyl (C=O) groups is 2. The van der Waals surface area contributed by atoms with Gasteiger partial charge in [0.15, 0.2) is 0 Å². The number of methoxy groups -OCH3 is 1. The van der Waals surface area contributed by atoms with E-state index in [4.69, 9.17) is 21.6 Å². The minimum Gasteiger partial charge on any atom is -0.508 e. The molecule has 3 aromatic carbocycles. The quantitative estimate of drug-likeness (QED) is 0.317. The van der Waals surface area contributed by atoms with Crippen LogP contribution in [-0.2, 0) is 9.59 Å². The summed E-state index contributed by atoms with van der Waals surface area (Å²) in [5, 5.41) is 30.5. The Morgan fingerprint density at radius 1 is 1.09 bits per heavy atom. The highest BCUT2D eigenvalue weighted by molar-refractivity contribution is 6.51. The number of rotatable bonds is 4. The SMILES string of the molecule is COc1c(Cl)cc(C)cc1/C(O)=C1\C(=O)C(=O)N(c2ccc(C#N)cc2)C1c1ccc(O)cc1. The molecule has 0 saturated carbocycles. The van der Waals surface area contributed by atoms with Crippen LogP contribution in [0.15, 0.2) is 66.2 Å². The first-order valence-corrected chi connectivity index (χ1v) is 10.6. The van der Waals surface area contributed by atoms with Crippen molar-refractivity contribution in [2.45, 2.75) is 13.0 Å². The Bertz CT molecular complexity index is 1370. The maximum absolute atomic E-state index is 13.3. The Balaban J connectivity index is 1.99. The van der Waals surface area contributed by atoms with Crippen molar-refractivity contribution in [1.82, 2.24) is 0 Å². The van der Waals surface area contributed by atoms with E-state index in [1.54, 1.807) is 43.3 Å². The van der Waals surface area contributed by atoms with Crippen LogP contribution >= 0.6 is 11.6 Å². The zero-order chi connectivity index (χ0) is 24.6. The summed E-state index contributed by atoms with van der Waals surface area (Å²) in [6.45, 7) is 1.77. The number of hydrogen-bond acceptors (Lipinski definition) is 6. The van der Waals surface area contributed by atoms with Crippen LogP contribution in [0.25, 0.3) is 5.76 Å². The number of benzene rings is 3. The van der Waals surface area contributed by atoms with Gasteiger partial charge in [-0.25, -0.2) is 0 Å². The van der Waals surface area contributed by atoms with Crippen molar-refractivity contribution in [1.29, 1.82) is 5.26 Å². The van der Waals surface area contributed by atoms with Crippen molar-refractivity contribution < 1.29 is 24.5 Å². The fourth-order valence-corrected chi connectivity index (χ4v) is 4.38. The zero-order valence-corrected chi connectivity index (χ0v) is 19.0. The van der Waals surface area contributed by atoms with Crippen molar-refractivity contribution in [3.8, 4) is 17.6 Å². The van der Waals surface area contributed by atoms with E-state index in [0.717, 1.165) is 5.56 Å². The summed E-state index contributed by atoms with van der Waals surface area (Å²) >= 11 is 6.30. The molecule has 1 saturated heterocycles. The summed E-state index contributed by atoms with van der Waals surface area (Å²) < 4.78 is 5.37. The van der Waals surface area contributed by atoms with Gasteiger partial charge in [0.05, 0.1) is 40.9 Å². The second kappa shape index (κ2) is 8.93. The maximum Gasteiger partial charge on any atom is 0.300 e. The molecule has 0 aliphatic carbocycles. The predicted octanol–water partition coefficient (Wildman–Crippen LogP) is 4.86. The number of phenols is 1. The lowest BCUT2D eigenvalue weighted by atomic mass is 9.94. The van der Waals surface area contributed by atoms with Gasteiger partial charge < -0.3 is 14.9 Å². The van der Waals surface area contributed by atoms with Crippen molar-refractivity contribution in [2.24, 2.45) is 0 Å². The second-order valence-corrected chi connectivity index (χ2v) is 8.15. The summed E-state index contributed by atoms with van der Waals surface area (Å²) in [5.74, 6) is -2.00. The first kappa shape index (κ1) is 22.9. The summed E-state index contributed by atoms with van der Waals surface area (Å²) in [5.41, 5.74) is 1.98. The van der Waals surface area contributed by atoms with Gasteiger partial charge >= 0.3 is 0 Å². The van der Waals surface area contributed by atoms with Gasteiger partial charge in [-0.2, -0.15) is 5.26 Å². The Morgan fingerprint density at radius 3 is 2.32 bits per heavy atom. The molecule has 0 bridgehead atoms. The molecule has 1 amide bonds. The van der Waals surface area contributed by atoms with E-state index in [9.17, 15) is 19.8 Å². The number of amides is 1. The molecule has 3 aromatic rings. The molecule has 1 aliphatic rings. The molecule has 8 heteroatoms. The van der Waals surface area contributed by atoms with Gasteiger partial charge in [0.1, 0.15) is 17.3 Å². The normalized spacial score (nSPS) is 17.0. The number of phenolic OH excluding ortho intramolecular Hbond substituents is 1. The standard InChI is InChI=1S/C26H19ClN2O5/c1-14-11-19(25(34-2)20(27)12-14)23(31)21-22(16-5-9-18(30)10-6-16)29(26(33)24(21)32)17-7-3-15(13-28)4-8-17/h3-12,22,30-31H,1-2H3/b23-21+. The molecule has 1 unspecified atom stereocenters. The summed E-state index contributed by atoms with van der Waals surface area (Å²) in [6, 6.07) is 16.5. The Kier molecular flexibility index (Phi) is 6.01. The number of aromatic hydroxyl groups is 1. The average molecular weight is 475 g/mol. The number of anilines is 1. The number of ketones is 1. The van der Waals surface area contributed by atoms with Gasteiger partial charge in [0.2, 0.25) is 0 Å². The number of aryl methyl sites for hydroxylation is 1. The molecule has 1 atom stereocenters. The monoisotopic (exact) mass is 474 g/mol. The number of nitriles is 1. The number of carbonyl (C=O) groups excluding carboxylic acids is 2. The van der Waals surface area contributed by atoms with Crippen LogP contribution in [0.3, 0.4) is 0 Å². The van der Waals surface area contributed by atoms with Crippen LogP contribution in [0.5, 0.6) is 11.5 Å². The van der Waals surface area contributed by atoms with Crippen molar-refractivity contribution in [3.63, 3.8) is 0 Å². The number of ether oxygens (including phenoxy) is 1. The van der Waals surface area contributed by atoms with E-state index in [1.165, 1.54) is 36.3 Å². The number of aliphatic hydroxyl groups excluding tert-OH is 1. The lowest BCUT2D eigenvalue weighted by Gasteiger charge is -2.25. The van der Waals surface area contributed by atoms with Gasteiger partial charge in [-0.05, 0) is 66.6 Å². The Morgan fingerprint density at radius 2 is 1.74 bits per heavy atom. The van der Waals surface area contributed by atoms with E-state index in [2.05, 4.69) is 0 Å². The van der Waals surface area contributed by atoms with Crippen LogP contribution in [0.4, 0.5) is 5.69 Å². The molecule has 1 aliphatic heterocycles. The highest BCUT2D eigenvalue weighted by atomic mass is 35.5. The minimum atomic E-state index is -1.00. The van der Waals surface area contributed by atoms with Gasteiger partial charge in [0, 0.05) is 5.69 Å². The van der Waals surface area contributed by atoms with Crippen LogP contribution in [0.1, 0.15) is 28.3 Å². The molecular weight excluding hydrogens is 456 g/mol. The predicted molar refractivity (Wildman–Crippen MR) is 127 cm³/mol. The minimum absolute atomic E-state index is 0.00575. The molecule has 0 aromatic heterocycles. The fraction of sp³-hybridized carbons (Fsp3) is 0.115. The van der Waals surface area contributed by atoms with Gasteiger partial charge in [-0.15, -0.1) is 0 Å². The van der Waals surface area contributed by atoms with Crippen LogP contribution in [0.2, 0.25) is 5.02 Å². The zero-order valence-electron chi connectivity index (χ0n) is 18.2.